The van der Waals surface area contributed by atoms with Gasteiger partial charge in [-0.3, -0.25) is 19.7 Å². The van der Waals surface area contributed by atoms with Crippen molar-refractivity contribution in [2.24, 2.45) is 0 Å². The molecule has 2 aromatic carbocycles. The maximum atomic E-state index is 12.2. The summed E-state index contributed by atoms with van der Waals surface area (Å²) in [7, 11) is 2.28. The van der Waals surface area contributed by atoms with E-state index in [-0.39, 0.29) is 22.4 Å². The van der Waals surface area contributed by atoms with Crippen LogP contribution in [0.3, 0.4) is 0 Å². The summed E-state index contributed by atoms with van der Waals surface area (Å²) in [6, 6.07) is 9.34. The van der Waals surface area contributed by atoms with Gasteiger partial charge in [-0.1, -0.05) is 0 Å². The molecule has 0 radical (unpaired) electrons. The number of nitrogens with two attached hydrogens (primary N) is 1. The predicted molar refractivity (Wildman–Crippen MR) is 101 cm³/mol. The maximum Gasteiger partial charge on any atom is 0.339 e. The van der Waals surface area contributed by atoms with Crippen molar-refractivity contribution in [3.8, 4) is 0 Å². The molecule has 0 atom stereocenters. The van der Waals surface area contributed by atoms with E-state index in [9.17, 15) is 24.0 Å². The number of imide groups is 1. The van der Waals surface area contributed by atoms with Crippen LogP contribution in [-0.2, 0) is 19.1 Å². The third kappa shape index (κ3) is 5.16. The Kier molecular flexibility index (Phi) is 6.64. The van der Waals surface area contributed by atoms with Crippen molar-refractivity contribution >= 4 is 41.0 Å². The van der Waals surface area contributed by atoms with Crippen molar-refractivity contribution < 1.29 is 33.4 Å². The smallest absolute Gasteiger partial charge is 0.339 e. The van der Waals surface area contributed by atoms with Gasteiger partial charge < -0.3 is 20.5 Å². The number of carbonyl (C=O) groups is 5. The van der Waals surface area contributed by atoms with Crippen LogP contribution in [0.25, 0.3) is 0 Å². The van der Waals surface area contributed by atoms with Crippen molar-refractivity contribution in [3.63, 3.8) is 0 Å². The van der Waals surface area contributed by atoms with Gasteiger partial charge in [0.05, 0.1) is 31.0 Å². The first kappa shape index (κ1) is 21.1. The highest BCUT2D eigenvalue weighted by Crippen LogP contribution is 2.20. The van der Waals surface area contributed by atoms with Crippen LogP contribution in [0.15, 0.2) is 42.5 Å². The van der Waals surface area contributed by atoms with E-state index in [4.69, 9.17) is 5.73 Å². The first-order valence-electron chi connectivity index (χ1n) is 8.09. The normalized spacial score (nSPS) is 9.86. The van der Waals surface area contributed by atoms with Crippen LogP contribution in [0.4, 0.5) is 11.4 Å². The number of hydrogen-bond acceptors (Lipinski definition) is 8. The summed E-state index contributed by atoms with van der Waals surface area (Å²) in [6.45, 7) is 0. The number of esters is 2. The molecule has 3 amide bonds. The van der Waals surface area contributed by atoms with Crippen LogP contribution in [0.2, 0.25) is 0 Å². The van der Waals surface area contributed by atoms with E-state index in [1.807, 2.05) is 5.32 Å². The van der Waals surface area contributed by atoms with Gasteiger partial charge in [0.2, 0.25) is 0 Å². The lowest BCUT2D eigenvalue weighted by Gasteiger charge is -2.11. The lowest BCUT2D eigenvalue weighted by molar-refractivity contribution is -0.135. The Morgan fingerprint density at radius 2 is 1.38 bits per heavy atom. The monoisotopic (exact) mass is 399 g/mol. The molecule has 2 aromatic rings. The lowest BCUT2D eigenvalue weighted by Crippen LogP contribution is -2.39. The number of hydrogen-bond donors (Lipinski definition) is 3. The first-order chi connectivity index (χ1) is 13.8. The van der Waals surface area contributed by atoms with Crippen LogP contribution < -0.4 is 16.4 Å². The van der Waals surface area contributed by atoms with Gasteiger partial charge in [-0.15, -0.1) is 0 Å². The zero-order valence-corrected chi connectivity index (χ0v) is 15.5. The molecular formula is C19H17N3O7. The molecule has 0 bridgehead atoms. The number of anilines is 2. The molecular weight excluding hydrogens is 382 g/mol. The highest BCUT2D eigenvalue weighted by atomic mass is 16.5. The number of nitrogens with one attached hydrogen (secondary N) is 2. The Hall–Kier alpha value is -4.21. The molecule has 10 heteroatoms. The van der Waals surface area contributed by atoms with E-state index in [1.54, 1.807) is 0 Å². The topological polar surface area (TPSA) is 154 Å². The molecule has 0 aliphatic heterocycles. The van der Waals surface area contributed by atoms with E-state index < -0.39 is 29.7 Å². The third-order valence-corrected chi connectivity index (χ3v) is 3.70. The highest BCUT2D eigenvalue weighted by Gasteiger charge is 2.22. The Bertz CT molecular complexity index is 984. The van der Waals surface area contributed by atoms with Crippen molar-refractivity contribution in [3.05, 3.63) is 59.2 Å². The number of nitrogen functional groups attached to an aromatic ring is 1. The number of carbonyl (C=O) groups excluding carboxylic acids is 5. The van der Waals surface area contributed by atoms with Crippen LogP contribution in [0, 0.1) is 0 Å². The van der Waals surface area contributed by atoms with Gasteiger partial charge in [-0.2, -0.15) is 0 Å². The Balaban J connectivity index is 2.20. The molecule has 0 unspecified atom stereocenters. The third-order valence-electron chi connectivity index (χ3n) is 3.70. The molecule has 0 aliphatic rings. The molecule has 0 saturated carbocycles. The van der Waals surface area contributed by atoms with E-state index in [0.29, 0.717) is 5.69 Å². The minimum absolute atomic E-state index is 0.0220. The zero-order chi connectivity index (χ0) is 21.6. The molecule has 0 heterocycles. The molecule has 2 rings (SSSR count). The molecule has 0 aliphatic carbocycles. The summed E-state index contributed by atoms with van der Waals surface area (Å²) in [5.41, 5.74) is 5.81. The number of ether oxygens (including phenoxy) is 2. The lowest BCUT2D eigenvalue weighted by atomic mass is 10.1. The second-order valence-corrected chi connectivity index (χ2v) is 5.60. The molecule has 4 N–H and O–H groups in total. The molecule has 0 fully saturated rings. The largest absolute Gasteiger partial charge is 0.465 e. The van der Waals surface area contributed by atoms with Crippen molar-refractivity contribution in [2.45, 2.75) is 0 Å². The van der Waals surface area contributed by atoms with Gasteiger partial charge >= 0.3 is 23.8 Å². The standard InChI is InChI=1S/C19H17N3O7/c1-28-18(26)11-5-8-13(19(27)29-2)14(9-11)21-16(24)17(25)22-15(23)10-3-6-12(20)7-4-10/h3-9H,20H2,1-2H3,(H,21,24)(H,22,23,25). The molecule has 0 spiro atoms. The van der Waals surface area contributed by atoms with Crippen LogP contribution in [-0.4, -0.2) is 43.9 Å². The fraction of sp³-hybridized carbons (Fsp3) is 0.105. The van der Waals surface area contributed by atoms with Gasteiger partial charge in [-0.05, 0) is 42.5 Å². The van der Waals surface area contributed by atoms with E-state index in [1.165, 1.54) is 36.4 Å². The van der Waals surface area contributed by atoms with Crippen LogP contribution in [0.5, 0.6) is 0 Å². The molecule has 0 aromatic heterocycles. The minimum Gasteiger partial charge on any atom is -0.465 e. The average molecular weight is 399 g/mol. The molecule has 150 valence electrons. The highest BCUT2D eigenvalue weighted by molar-refractivity contribution is 6.42. The molecule has 0 saturated heterocycles. The second-order valence-electron chi connectivity index (χ2n) is 5.60. The minimum atomic E-state index is -1.27. The quantitative estimate of drug-likeness (QED) is 0.386. The summed E-state index contributed by atoms with van der Waals surface area (Å²) in [4.78, 5) is 59.8. The summed E-state index contributed by atoms with van der Waals surface area (Å²) in [5.74, 6) is -4.86. The summed E-state index contributed by atoms with van der Waals surface area (Å²) in [5, 5.41) is 4.09. The first-order valence-corrected chi connectivity index (χ1v) is 8.09. The fourth-order valence-corrected chi connectivity index (χ4v) is 2.23. The van der Waals surface area contributed by atoms with Gasteiger partial charge in [0.15, 0.2) is 0 Å². The number of benzene rings is 2. The zero-order valence-electron chi connectivity index (χ0n) is 15.5. The SMILES string of the molecule is COC(=O)c1ccc(C(=O)OC)c(NC(=O)C(=O)NC(=O)c2ccc(N)cc2)c1. The van der Waals surface area contributed by atoms with Crippen LogP contribution in [0.1, 0.15) is 31.1 Å². The fourth-order valence-electron chi connectivity index (χ4n) is 2.23. The second kappa shape index (κ2) is 9.13. The van der Waals surface area contributed by atoms with E-state index >= 15 is 0 Å². The molecule has 10 nitrogen and oxygen atoms in total. The van der Waals surface area contributed by atoms with Crippen LogP contribution >= 0.6 is 0 Å². The number of amides is 3. The summed E-state index contributed by atoms with van der Waals surface area (Å²) < 4.78 is 9.19. The number of methoxy groups -OCH3 is 2. The van der Waals surface area contributed by atoms with Gasteiger partial charge in [0.25, 0.3) is 5.91 Å². The summed E-state index contributed by atoms with van der Waals surface area (Å²) in [6.07, 6.45) is 0. The van der Waals surface area contributed by atoms with Gasteiger partial charge in [0.1, 0.15) is 0 Å². The van der Waals surface area contributed by atoms with E-state index in [0.717, 1.165) is 20.3 Å². The average Bonchev–Trinajstić information content (AvgIpc) is 2.72. The van der Waals surface area contributed by atoms with Gasteiger partial charge in [-0.25, -0.2) is 9.59 Å². The number of rotatable bonds is 4. The van der Waals surface area contributed by atoms with Crippen molar-refractivity contribution in [1.82, 2.24) is 5.32 Å². The van der Waals surface area contributed by atoms with E-state index in [2.05, 4.69) is 14.8 Å². The maximum absolute atomic E-state index is 12.2. The Morgan fingerprint density at radius 1 is 0.793 bits per heavy atom. The Labute approximate surface area is 165 Å². The molecule has 29 heavy (non-hydrogen) atoms. The predicted octanol–water partition coefficient (Wildman–Crippen LogP) is 0.737. The van der Waals surface area contributed by atoms with Crippen molar-refractivity contribution in [1.29, 1.82) is 0 Å². The summed E-state index contributed by atoms with van der Waals surface area (Å²) >= 11 is 0. The Morgan fingerprint density at radius 3 is 1.97 bits per heavy atom. The van der Waals surface area contributed by atoms with Crippen molar-refractivity contribution in [2.75, 3.05) is 25.3 Å². The van der Waals surface area contributed by atoms with Gasteiger partial charge in [0, 0.05) is 11.3 Å².